The molecule has 0 aliphatic heterocycles. The van der Waals surface area contributed by atoms with Gasteiger partial charge in [0.15, 0.2) is 0 Å². The molecular formula is C13H19N5. The van der Waals surface area contributed by atoms with E-state index in [4.69, 9.17) is 0 Å². The zero-order valence-corrected chi connectivity index (χ0v) is 11.1. The number of aryl methyl sites for hydroxylation is 2. The summed E-state index contributed by atoms with van der Waals surface area (Å²) in [5, 5.41) is 7.40. The molecule has 5 heteroatoms. The Morgan fingerprint density at radius 2 is 2.11 bits per heavy atom. The minimum Gasteiger partial charge on any atom is -0.373 e. The first-order valence-electron chi connectivity index (χ1n) is 6.36. The van der Waals surface area contributed by atoms with E-state index in [2.05, 4.69) is 34.2 Å². The van der Waals surface area contributed by atoms with Gasteiger partial charge in [-0.3, -0.25) is 4.68 Å². The quantitative estimate of drug-likeness (QED) is 0.878. The summed E-state index contributed by atoms with van der Waals surface area (Å²) in [6.45, 7) is 5.10. The predicted molar refractivity (Wildman–Crippen MR) is 72.5 cm³/mol. The summed E-state index contributed by atoms with van der Waals surface area (Å²) in [7, 11) is 1.87. The van der Waals surface area contributed by atoms with Crippen LogP contribution in [0.1, 0.15) is 26.1 Å². The number of rotatable bonds is 5. The average Bonchev–Trinajstić information content (AvgIpc) is 2.87. The summed E-state index contributed by atoms with van der Waals surface area (Å²) in [6, 6.07) is 3.96. The standard InChI is InChI=1S/C13H19N5/c1-4-8-18-11(6-7-15-18)10-9-13(14-3)17-12(5-2)16-10/h6-7,9H,4-5,8H2,1-3H3,(H,14,16,17). The van der Waals surface area contributed by atoms with Crippen LogP contribution < -0.4 is 5.32 Å². The minimum absolute atomic E-state index is 0.824. The summed E-state index contributed by atoms with van der Waals surface area (Å²) >= 11 is 0. The van der Waals surface area contributed by atoms with Crippen molar-refractivity contribution in [2.24, 2.45) is 0 Å². The third-order valence-corrected chi connectivity index (χ3v) is 2.76. The molecule has 0 bridgehead atoms. The molecule has 18 heavy (non-hydrogen) atoms. The molecule has 0 unspecified atom stereocenters. The Morgan fingerprint density at radius 3 is 2.78 bits per heavy atom. The van der Waals surface area contributed by atoms with Crippen molar-refractivity contribution in [2.45, 2.75) is 33.2 Å². The molecule has 0 amide bonds. The maximum absolute atomic E-state index is 4.57. The molecule has 0 atom stereocenters. The molecule has 2 rings (SSSR count). The van der Waals surface area contributed by atoms with Crippen molar-refractivity contribution in [3.63, 3.8) is 0 Å². The third kappa shape index (κ3) is 2.50. The van der Waals surface area contributed by atoms with Crippen LogP contribution >= 0.6 is 0 Å². The van der Waals surface area contributed by atoms with Crippen molar-refractivity contribution in [2.75, 3.05) is 12.4 Å². The van der Waals surface area contributed by atoms with Gasteiger partial charge in [-0.25, -0.2) is 9.97 Å². The van der Waals surface area contributed by atoms with Gasteiger partial charge in [-0.2, -0.15) is 5.10 Å². The number of nitrogens with zero attached hydrogens (tertiary/aromatic N) is 4. The van der Waals surface area contributed by atoms with Crippen LogP contribution in [0.5, 0.6) is 0 Å². The number of hydrogen-bond donors (Lipinski definition) is 1. The van der Waals surface area contributed by atoms with Crippen molar-refractivity contribution < 1.29 is 0 Å². The molecule has 96 valence electrons. The smallest absolute Gasteiger partial charge is 0.131 e. The second-order valence-corrected chi connectivity index (χ2v) is 4.10. The van der Waals surface area contributed by atoms with Gasteiger partial charge in [-0.1, -0.05) is 13.8 Å². The second kappa shape index (κ2) is 5.62. The Balaban J connectivity index is 2.45. The van der Waals surface area contributed by atoms with E-state index in [1.807, 2.05) is 30.1 Å². The number of anilines is 1. The van der Waals surface area contributed by atoms with Gasteiger partial charge in [0.05, 0.1) is 11.4 Å². The molecule has 2 aromatic rings. The molecule has 0 radical (unpaired) electrons. The van der Waals surface area contributed by atoms with Crippen molar-refractivity contribution in [3.8, 4) is 11.4 Å². The molecule has 0 saturated carbocycles. The highest BCUT2D eigenvalue weighted by Gasteiger charge is 2.09. The highest BCUT2D eigenvalue weighted by atomic mass is 15.3. The molecule has 5 nitrogen and oxygen atoms in total. The molecule has 0 saturated heterocycles. The first-order valence-corrected chi connectivity index (χ1v) is 6.36. The number of hydrogen-bond acceptors (Lipinski definition) is 4. The first kappa shape index (κ1) is 12.5. The number of aromatic nitrogens is 4. The van der Waals surface area contributed by atoms with Gasteiger partial charge < -0.3 is 5.32 Å². The maximum atomic E-state index is 4.57. The van der Waals surface area contributed by atoms with Gasteiger partial charge in [0.25, 0.3) is 0 Å². The van der Waals surface area contributed by atoms with Crippen molar-refractivity contribution in [1.29, 1.82) is 0 Å². The molecule has 2 aromatic heterocycles. The fraction of sp³-hybridized carbons (Fsp3) is 0.462. The SMILES string of the molecule is CCCn1nccc1-c1cc(NC)nc(CC)n1. The van der Waals surface area contributed by atoms with E-state index in [1.165, 1.54) is 0 Å². The van der Waals surface area contributed by atoms with E-state index in [9.17, 15) is 0 Å². The van der Waals surface area contributed by atoms with E-state index >= 15 is 0 Å². The van der Waals surface area contributed by atoms with Crippen LogP contribution in [0.3, 0.4) is 0 Å². The van der Waals surface area contributed by atoms with Crippen LogP contribution in [0.2, 0.25) is 0 Å². The van der Waals surface area contributed by atoms with Gasteiger partial charge in [0, 0.05) is 32.3 Å². The summed E-state index contributed by atoms with van der Waals surface area (Å²) in [4.78, 5) is 8.98. The Labute approximate surface area is 107 Å². The Hall–Kier alpha value is -1.91. The predicted octanol–water partition coefficient (Wildman–Crippen LogP) is 2.35. The topological polar surface area (TPSA) is 55.6 Å². The highest BCUT2D eigenvalue weighted by Crippen LogP contribution is 2.20. The Bertz CT molecular complexity index is 496. The molecule has 2 heterocycles. The molecule has 0 aliphatic carbocycles. The lowest BCUT2D eigenvalue weighted by Gasteiger charge is -2.08. The van der Waals surface area contributed by atoms with Gasteiger partial charge >= 0.3 is 0 Å². The van der Waals surface area contributed by atoms with Crippen molar-refractivity contribution in [1.82, 2.24) is 19.7 Å². The maximum Gasteiger partial charge on any atom is 0.131 e. The average molecular weight is 245 g/mol. The lowest BCUT2D eigenvalue weighted by Crippen LogP contribution is -2.05. The molecule has 0 aromatic carbocycles. The second-order valence-electron chi connectivity index (χ2n) is 4.10. The Morgan fingerprint density at radius 1 is 1.28 bits per heavy atom. The molecule has 0 spiro atoms. The van der Waals surface area contributed by atoms with Gasteiger partial charge in [0.1, 0.15) is 11.6 Å². The zero-order valence-electron chi connectivity index (χ0n) is 11.1. The van der Waals surface area contributed by atoms with Crippen molar-refractivity contribution in [3.05, 3.63) is 24.2 Å². The normalized spacial score (nSPS) is 10.6. The Kier molecular flexibility index (Phi) is 3.92. The van der Waals surface area contributed by atoms with E-state index in [0.29, 0.717) is 0 Å². The van der Waals surface area contributed by atoms with Crippen LogP contribution in [-0.4, -0.2) is 26.8 Å². The summed E-state index contributed by atoms with van der Waals surface area (Å²) in [5.41, 5.74) is 1.97. The van der Waals surface area contributed by atoms with Crippen molar-refractivity contribution >= 4 is 5.82 Å². The monoisotopic (exact) mass is 245 g/mol. The number of nitrogens with one attached hydrogen (secondary N) is 1. The van der Waals surface area contributed by atoms with Crippen LogP contribution in [0, 0.1) is 0 Å². The van der Waals surface area contributed by atoms with Gasteiger partial charge in [0.2, 0.25) is 0 Å². The third-order valence-electron chi connectivity index (χ3n) is 2.76. The summed E-state index contributed by atoms with van der Waals surface area (Å²) < 4.78 is 1.99. The summed E-state index contributed by atoms with van der Waals surface area (Å²) in [5.74, 6) is 1.70. The van der Waals surface area contributed by atoms with Gasteiger partial charge in [-0.15, -0.1) is 0 Å². The van der Waals surface area contributed by atoms with Crippen LogP contribution in [0.15, 0.2) is 18.3 Å². The lowest BCUT2D eigenvalue weighted by molar-refractivity contribution is 0.607. The van der Waals surface area contributed by atoms with E-state index in [1.54, 1.807) is 0 Å². The fourth-order valence-electron chi connectivity index (χ4n) is 1.85. The van der Waals surface area contributed by atoms with Gasteiger partial charge in [-0.05, 0) is 12.5 Å². The molecule has 0 fully saturated rings. The van der Waals surface area contributed by atoms with Crippen LogP contribution in [0.4, 0.5) is 5.82 Å². The summed E-state index contributed by atoms with van der Waals surface area (Å²) in [6.07, 6.45) is 3.70. The van der Waals surface area contributed by atoms with Crippen LogP contribution in [0.25, 0.3) is 11.4 Å². The van der Waals surface area contributed by atoms with E-state index in [0.717, 1.165) is 42.4 Å². The first-order chi connectivity index (χ1) is 8.78. The highest BCUT2D eigenvalue weighted by molar-refractivity contribution is 5.58. The molecular weight excluding hydrogens is 226 g/mol. The minimum atomic E-state index is 0.824. The van der Waals surface area contributed by atoms with E-state index in [-0.39, 0.29) is 0 Å². The lowest BCUT2D eigenvalue weighted by atomic mass is 10.2. The largest absolute Gasteiger partial charge is 0.373 e. The fourth-order valence-corrected chi connectivity index (χ4v) is 1.85. The molecule has 1 N–H and O–H groups in total. The molecule has 0 aliphatic rings. The van der Waals surface area contributed by atoms with E-state index < -0.39 is 0 Å². The van der Waals surface area contributed by atoms with Crippen LogP contribution in [-0.2, 0) is 13.0 Å². The zero-order chi connectivity index (χ0) is 13.0.